The average Bonchev–Trinajstić information content (AvgIpc) is 2.30. The monoisotopic (exact) mass is 231 g/mol. The molecule has 1 aromatic rings. The van der Waals surface area contributed by atoms with Gasteiger partial charge in [-0.2, -0.15) is 0 Å². The van der Waals surface area contributed by atoms with Crippen molar-refractivity contribution in [2.24, 2.45) is 0 Å². The number of rotatable bonds is 4. The molecule has 0 amide bonds. The van der Waals surface area contributed by atoms with Gasteiger partial charge in [-0.3, -0.25) is 4.90 Å². The van der Waals surface area contributed by atoms with E-state index >= 15 is 0 Å². The van der Waals surface area contributed by atoms with Crippen LogP contribution >= 0.6 is 0 Å². The Balaban J connectivity index is 1.94. The van der Waals surface area contributed by atoms with E-state index in [2.05, 4.69) is 48.7 Å². The van der Waals surface area contributed by atoms with Crippen LogP contribution in [0.4, 0.5) is 0 Å². The Kier molecular flexibility index (Phi) is 4.35. The summed E-state index contributed by atoms with van der Waals surface area (Å²) < 4.78 is 5.88. The van der Waals surface area contributed by atoms with Crippen LogP contribution in [0.3, 0.4) is 0 Å². The normalized spacial score (nSPS) is 25.7. The molecule has 0 spiro atoms. The summed E-state index contributed by atoms with van der Waals surface area (Å²) in [6.45, 7) is 8.97. The molecule has 0 N–H and O–H groups in total. The van der Waals surface area contributed by atoms with Crippen molar-refractivity contribution in [3.8, 4) is 0 Å². The Hall–Kier alpha value is -1.12. The molecule has 1 fully saturated rings. The van der Waals surface area contributed by atoms with Gasteiger partial charge in [0.05, 0.1) is 12.2 Å². The smallest absolute Gasteiger partial charge is 0.0740 e. The van der Waals surface area contributed by atoms with Crippen molar-refractivity contribution in [1.29, 1.82) is 0 Å². The van der Waals surface area contributed by atoms with E-state index in [1.807, 2.05) is 6.08 Å². The first-order valence-electron chi connectivity index (χ1n) is 6.30. The molecule has 1 saturated heterocycles. The third kappa shape index (κ3) is 3.69. The van der Waals surface area contributed by atoms with Crippen molar-refractivity contribution < 1.29 is 4.74 Å². The van der Waals surface area contributed by atoms with Crippen molar-refractivity contribution in [3.05, 3.63) is 48.6 Å². The molecule has 0 radical (unpaired) electrons. The van der Waals surface area contributed by atoms with Gasteiger partial charge < -0.3 is 4.74 Å². The highest BCUT2D eigenvalue weighted by atomic mass is 16.5. The van der Waals surface area contributed by atoms with Crippen LogP contribution in [0.1, 0.15) is 18.9 Å². The average molecular weight is 231 g/mol. The Morgan fingerprint density at radius 2 is 2.12 bits per heavy atom. The van der Waals surface area contributed by atoms with Crippen LogP contribution in [0.25, 0.3) is 0 Å². The first-order chi connectivity index (χ1) is 8.28. The first kappa shape index (κ1) is 12.3. The summed E-state index contributed by atoms with van der Waals surface area (Å²) in [4.78, 5) is 2.47. The van der Waals surface area contributed by atoms with Gasteiger partial charge in [-0.05, 0) is 18.9 Å². The molecule has 0 unspecified atom stereocenters. The predicted molar refractivity (Wildman–Crippen MR) is 70.9 cm³/mol. The van der Waals surface area contributed by atoms with Crippen molar-refractivity contribution >= 4 is 0 Å². The minimum absolute atomic E-state index is 0.306. The second-order valence-electron chi connectivity index (χ2n) is 4.77. The Morgan fingerprint density at radius 1 is 1.35 bits per heavy atom. The molecule has 1 aliphatic heterocycles. The van der Waals surface area contributed by atoms with Crippen LogP contribution in [0, 0.1) is 0 Å². The fraction of sp³-hybridized carbons (Fsp3) is 0.467. The van der Waals surface area contributed by atoms with E-state index < -0.39 is 0 Å². The molecule has 92 valence electrons. The number of ether oxygens (including phenoxy) is 1. The maximum atomic E-state index is 5.88. The largest absolute Gasteiger partial charge is 0.372 e. The molecule has 0 aromatic heterocycles. The molecule has 2 rings (SSSR count). The van der Waals surface area contributed by atoms with Crippen LogP contribution in [-0.2, 0) is 11.3 Å². The summed E-state index contributed by atoms with van der Waals surface area (Å²) in [5.74, 6) is 0. The van der Waals surface area contributed by atoms with Gasteiger partial charge in [-0.15, -0.1) is 6.58 Å². The van der Waals surface area contributed by atoms with Gasteiger partial charge in [0.2, 0.25) is 0 Å². The summed E-state index contributed by atoms with van der Waals surface area (Å²) in [7, 11) is 0. The molecule has 2 heteroatoms. The number of morpholine rings is 1. The highest BCUT2D eigenvalue weighted by Crippen LogP contribution is 2.16. The fourth-order valence-corrected chi connectivity index (χ4v) is 2.43. The maximum absolute atomic E-state index is 5.88. The molecule has 1 heterocycles. The predicted octanol–water partition coefficient (Wildman–Crippen LogP) is 2.85. The molecule has 2 atom stereocenters. The Bertz CT molecular complexity index is 349. The van der Waals surface area contributed by atoms with Crippen LogP contribution in [0.2, 0.25) is 0 Å². The highest BCUT2D eigenvalue weighted by molar-refractivity contribution is 5.14. The lowest BCUT2D eigenvalue weighted by molar-refractivity contribution is -0.0773. The van der Waals surface area contributed by atoms with E-state index in [1.54, 1.807) is 0 Å². The lowest BCUT2D eigenvalue weighted by Gasteiger charge is -2.36. The topological polar surface area (TPSA) is 12.5 Å². The van der Waals surface area contributed by atoms with Crippen LogP contribution in [0.15, 0.2) is 43.0 Å². The molecular weight excluding hydrogens is 210 g/mol. The fourth-order valence-electron chi connectivity index (χ4n) is 2.43. The number of hydrogen-bond donors (Lipinski definition) is 0. The molecule has 2 nitrogen and oxygen atoms in total. The summed E-state index contributed by atoms with van der Waals surface area (Å²) in [6, 6.07) is 10.6. The van der Waals surface area contributed by atoms with Crippen LogP contribution in [-0.4, -0.2) is 30.2 Å². The molecular formula is C15H21NO. The van der Waals surface area contributed by atoms with Gasteiger partial charge >= 0.3 is 0 Å². The number of benzene rings is 1. The molecule has 1 aromatic carbocycles. The minimum Gasteiger partial charge on any atom is -0.372 e. The maximum Gasteiger partial charge on any atom is 0.0740 e. The SMILES string of the molecule is C=CC[C@H]1CN(Cc2ccccc2)C[C@@H](C)O1. The second kappa shape index (κ2) is 5.99. The zero-order valence-electron chi connectivity index (χ0n) is 10.5. The van der Waals surface area contributed by atoms with E-state index in [0.717, 1.165) is 26.1 Å². The van der Waals surface area contributed by atoms with Crippen molar-refractivity contribution in [2.75, 3.05) is 13.1 Å². The van der Waals surface area contributed by atoms with Crippen LogP contribution in [0.5, 0.6) is 0 Å². The van der Waals surface area contributed by atoms with E-state index in [1.165, 1.54) is 5.56 Å². The third-order valence-corrected chi connectivity index (χ3v) is 3.08. The zero-order chi connectivity index (χ0) is 12.1. The van der Waals surface area contributed by atoms with Crippen molar-refractivity contribution in [1.82, 2.24) is 4.90 Å². The van der Waals surface area contributed by atoms with Gasteiger partial charge in [0.15, 0.2) is 0 Å². The van der Waals surface area contributed by atoms with Crippen molar-refractivity contribution in [3.63, 3.8) is 0 Å². The van der Waals surface area contributed by atoms with Gasteiger partial charge in [-0.1, -0.05) is 36.4 Å². The standard InChI is InChI=1S/C15H21NO/c1-3-7-15-12-16(10-13(2)17-15)11-14-8-5-4-6-9-14/h3-6,8-9,13,15H,1,7,10-12H2,2H3/t13-,15+/m1/s1. The number of hydrogen-bond acceptors (Lipinski definition) is 2. The van der Waals surface area contributed by atoms with Gasteiger partial charge in [-0.25, -0.2) is 0 Å². The quantitative estimate of drug-likeness (QED) is 0.739. The van der Waals surface area contributed by atoms with Crippen molar-refractivity contribution in [2.45, 2.75) is 32.1 Å². The van der Waals surface area contributed by atoms with E-state index in [4.69, 9.17) is 4.74 Å². The number of nitrogens with zero attached hydrogens (tertiary/aromatic N) is 1. The molecule has 1 aliphatic rings. The lowest BCUT2D eigenvalue weighted by atomic mass is 10.1. The lowest BCUT2D eigenvalue weighted by Crippen LogP contribution is -2.45. The van der Waals surface area contributed by atoms with Gasteiger partial charge in [0, 0.05) is 19.6 Å². The van der Waals surface area contributed by atoms with E-state index in [0.29, 0.717) is 12.2 Å². The Labute approximate surface area is 104 Å². The summed E-state index contributed by atoms with van der Waals surface area (Å²) >= 11 is 0. The summed E-state index contributed by atoms with van der Waals surface area (Å²) in [6.07, 6.45) is 3.51. The minimum atomic E-state index is 0.306. The van der Waals surface area contributed by atoms with Gasteiger partial charge in [0.1, 0.15) is 0 Å². The third-order valence-electron chi connectivity index (χ3n) is 3.08. The van der Waals surface area contributed by atoms with E-state index in [9.17, 15) is 0 Å². The van der Waals surface area contributed by atoms with Crippen LogP contribution < -0.4 is 0 Å². The molecule has 17 heavy (non-hydrogen) atoms. The summed E-state index contributed by atoms with van der Waals surface area (Å²) in [5.41, 5.74) is 1.37. The molecule has 0 bridgehead atoms. The van der Waals surface area contributed by atoms with E-state index in [-0.39, 0.29) is 0 Å². The second-order valence-corrected chi connectivity index (χ2v) is 4.77. The Morgan fingerprint density at radius 3 is 2.82 bits per heavy atom. The first-order valence-corrected chi connectivity index (χ1v) is 6.30. The van der Waals surface area contributed by atoms with Gasteiger partial charge in [0.25, 0.3) is 0 Å². The highest BCUT2D eigenvalue weighted by Gasteiger charge is 2.24. The molecule has 0 aliphatic carbocycles. The molecule has 0 saturated carbocycles. The zero-order valence-corrected chi connectivity index (χ0v) is 10.5. The summed E-state index contributed by atoms with van der Waals surface area (Å²) in [5, 5.41) is 0.